The SMILES string of the molecule is Cc1nc2cc(S(=O)(=O)CF)ccc2s1. The Balaban J connectivity index is 2.66. The monoisotopic (exact) mass is 245 g/mol. The molecule has 0 saturated heterocycles. The van der Waals surface area contributed by atoms with E-state index in [0.717, 1.165) is 9.71 Å². The molecule has 0 spiro atoms. The fraction of sp³-hybridized carbons (Fsp3) is 0.222. The highest BCUT2D eigenvalue weighted by atomic mass is 32.2. The molecule has 0 aliphatic rings. The van der Waals surface area contributed by atoms with E-state index in [2.05, 4.69) is 4.98 Å². The minimum Gasteiger partial charge on any atom is -0.241 e. The van der Waals surface area contributed by atoms with Crippen LogP contribution in [-0.4, -0.2) is 19.4 Å². The van der Waals surface area contributed by atoms with Crippen LogP contribution < -0.4 is 0 Å². The number of benzene rings is 1. The van der Waals surface area contributed by atoms with E-state index >= 15 is 0 Å². The summed E-state index contributed by atoms with van der Waals surface area (Å²) in [5.41, 5.74) is 0.604. The molecule has 0 amide bonds. The van der Waals surface area contributed by atoms with Crippen LogP contribution in [0.1, 0.15) is 5.01 Å². The molecule has 0 aliphatic heterocycles. The minimum absolute atomic E-state index is 0.0113. The zero-order chi connectivity index (χ0) is 11.1. The van der Waals surface area contributed by atoms with E-state index in [-0.39, 0.29) is 4.90 Å². The zero-order valence-corrected chi connectivity index (χ0v) is 9.53. The zero-order valence-electron chi connectivity index (χ0n) is 7.90. The fourth-order valence-electron chi connectivity index (χ4n) is 1.28. The third-order valence-corrected chi connectivity index (χ3v) is 4.18. The topological polar surface area (TPSA) is 47.0 Å². The molecular formula is C9H8FNO2S2. The molecule has 0 N–H and O–H groups in total. The summed E-state index contributed by atoms with van der Waals surface area (Å²) in [6.45, 7) is 1.84. The number of hydrogen-bond acceptors (Lipinski definition) is 4. The van der Waals surface area contributed by atoms with Crippen molar-refractivity contribution >= 4 is 31.4 Å². The minimum atomic E-state index is -3.78. The van der Waals surface area contributed by atoms with E-state index < -0.39 is 15.8 Å². The summed E-state index contributed by atoms with van der Waals surface area (Å²) in [7, 11) is -3.78. The number of rotatable bonds is 2. The average molecular weight is 245 g/mol. The van der Waals surface area contributed by atoms with Crippen LogP contribution in [0.3, 0.4) is 0 Å². The second kappa shape index (κ2) is 3.53. The maximum Gasteiger partial charge on any atom is 0.207 e. The quantitative estimate of drug-likeness (QED) is 0.815. The summed E-state index contributed by atoms with van der Waals surface area (Å²) >= 11 is 1.48. The van der Waals surface area contributed by atoms with Gasteiger partial charge in [-0.25, -0.2) is 17.8 Å². The van der Waals surface area contributed by atoms with E-state index in [1.54, 1.807) is 6.07 Å². The van der Waals surface area contributed by atoms with Gasteiger partial charge < -0.3 is 0 Å². The van der Waals surface area contributed by atoms with Crippen molar-refractivity contribution in [2.75, 3.05) is 6.01 Å². The van der Waals surface area contributed by atoms with Crippen LogP contribution >= 0.6 is 11.3 Å². The lowest BCUT2D eigenvalue weighted by Gasteiger charge is -1.98. The first-order valence-electron chi connectivity index (χ1n) is 4.19. The average Bonchev–Trinajstić information content (AvgIpc) is 2.56. The maximum atomic E-state index is 12.3. The molecule has 0 atom stereocenters. The predicted molar refractivity (Wildman–Crippen MR) is 57.5 cm³/mol. The smallest absolute Gasteiger partial charge is 0.207 e. The number of alkyl halides is 1. The molecule has 0 bridgehead atoms. The van der Waals surface area contributed by atoms with E-state index in [4.69, 9.17) is 0 Å². The van der Waals surface area contributed by atoms with Crippen molar-refractivity contribution in [3.8, 4) is 0 Å². The Morgan fingerprint density at radius 2 is 2.20 bits per heavy atom. The molecule has 2 rings (SSSR count). The summed E-state index contributed by atoms with van der Waals surface area (Å²) in [6.07, 6.45) is 0. The van der Waals surface area contributed by atoms with Gasteiger partial charge in [0.15, 0.2) is 6.01 Å². The number of fused-ring (bicyclic) bond motifs is 1. The van der Waals surface area contributed by atoms with Crippen molar-refractivity contribution in [1.82, 2.24) is 4.98 Å². The highest BCUT2D eigenvalue weighted by Gasteiger charge is 2.14. The lowest BCUT2D eigenvalue weighted by molar-refractivity contribution is 0.534. The first-order chi connectivity index (χ1) is 7.03. The van der Waals surface area contributed by atoms with E-state index in [0.29, 0.717) is 5.52 Å². The van der Waals surface area contributed by atoms with Gasteiger partial charge in [-0.15, -0.1) is 11.3 Å². The normalized spacial score (nSPS) is 12.1. The Morgan fingerprint density at radius 1 is 1.47 bits per heavy atom. The standard InChI is InChI=1S/C9H8FNO2S2/c1-6-11-8-4-7(15(12,13)5-10)2-3-9(8)14-6/h2-4H,5H2,1H3. The van der Waals surface area contributed by atoms with Crippen molar-refractivity contribution in [2.24, 2.45) is 0 Å². The van der Waals surface area contributed by atoms with Crippen molar-refractivity contribution in [3.63, 3.8) is 0 Å². The van der Waals surface area contributed by atoms with Gasteiger partial charge >= 0.3 is 0 Å². The molecule has 0 unspecified atom stereocenters. The number of thiazole rings is 1. The first-order valence-corrected chi connectivity index (χ1v) is 6.66. The van der Waals surface area contributed by atoms with Gasteiger partial charge in [0, 0.05) is 0 Å². The van der Waals surface area contributed by atoms with Crippen molar-refractivity contribution in [1.29, 1.82) is 0 Å². The number of nitrogens with zero attached hydrogens (tertiary/aromatic N) is 1. The number of sulfone groups is 1. The highest BCUT2D eigenvalue weighted by Crippen LogP contribution is 2.24. The van der Waals surface area contributed by atoms with E-state index in [1.165, 1.54) is 23.5 Å². The van der Waals surface area contributed by atoms with Crippen molar-refractivity contribution in [2.45, 2.75) is 11.8 Å². The molecule has 0 radical (unpaired) electrons. The molecule has 80 valence electrons. The maximum absolute atomic E-state index is 12.3. The van der Waals surface area contributed by atoms with Crippen LogP contribution in [-0.2, 0) is 9.84 Å². The van der Waals surface area contributed by atoms with Crippen LogP contribution in [0.2, 0.25) is 0 Å². The van der Waals surface area contributed by atoms with Gasteiger partial charge in [-0.05, 0) is 25.1 Å². The Kier molecular flexibility index (Phi) is 2.47. The molecule has 0 saturated carbocycles. The highest BCUT2D eigenvalue weighted by molar-refractivity contribution is 7.91. The molecule has 6 heteroatoms. The van der Waals surface area contributed by atoms with Crippen LogP contribution in [0, 0.1) is 6.92 Å². The number of aryl methyl sites for hydroxylation is 1. The van der Waals surface area contributed by atoms with Crippen molar-refractivity contribution in [3.05, 3.63) is 23.2 Å². The molecular weight excluding hydrogens is 237 g/mol. The van der Waals surface area contributed by atoms with Gasteiger partial charge in [0.1, 0.15) is 0 Å². The van der Waals surface area contributed by atoms with Gasteiger partial charge in [-0.1, -0.05) is 0 Å². The third-order valence-electron chi connectivity index (χ3n) is 1.97. The summed E-state index contributed by atoms with van der Waals surface area (Å²) < 4.78 is 35.7. The summed E-state index contributed by atoms with van der Waals surface area (Å²) in [6, 6.07) is 3.10. The van der Waals surface area contributed by atoms with Gasteiger partial charge in [0.2, 0.25) is 9.84 Å². The fourth-order valence-corrected chi connectivity index (χ4v) is 2.78. The second-order valence-corrected chi connectivity index (χ2v) is 6.24. The van der Waals surface area contributed by atoms with E-state index in [1.807, 2.05) is 6.92 Å². The Labute approximate surface area is 90.5 Å². The first kappa shape index (κ1) is 10.5. The Bertz CT molecular complexity index is 604. The van der Waals surface area contributed by atoms with Gasteiger partial charge in [0.05, 0.1) is 20.1 Å². The molecule has 1 heterocycles. The van der Waals surface area contributed by atoms with Crippen molar-refractivity contribution < 1.29 is 12.8 Å². The van der Waals surface area contributed by atoms with Gasteiger partial charge in [0.25, 0.3) is 0 Å². The number of halogens is 1. The van der Waals surface area contributed by atoms with Crippen LogP contribution in [0.5, 0.6) is 0 Å². The van der Waals surface area contributed by atoms with Gasteiger partial charge in [-0.3, -0.25) is 0 Å². The Morgan fingerprint density at radius 3 is 2.87 bits per heavy atom. The number of hydrogen-bond donors (Lipinski definition) is 0. The van der Waals surface area contributed by atoms with Crippen LogP contribution in [0.15, 0.2) is 23.1 Å². The van der Waals surface area contributed by atoms with Gasteiger partial charge in [-0.2, -0.15) is 0 Å². The van der Waals surface area contributed by atoms with Crippen LogP contribution in [0.25, 0.3) is 10.2 Å². The Hall–Kier alpha value is -1.01. The summed E-state index contributed by atoms with van der Waals surface area (Å²) in [5, 5.41) is 0.861. The molecule has 0 fully saturated rings. The second-order valence-electron chi connectivity index (χ2n) is 3.09. The van der Waals surface area contributed by atoms with E-state index in [9.17, 15) is 12.8 Å². The third kappa shape index (κ3) is 1.87. The molecule has 1 aromatic carbocycles. The summed E-state index contributed by atoms with van der Waals surface area (Å²) in [4.78, 5) is 4.14. The summed E-state index contributed by atoms with van der Waals surface area (Å²) in [5.74, 6) is 0. The number of aromatic nitrogens is 1. The predicted octanol–water partition coefficient (Wildman–Crippen LogP) is 2.31. The molecule has 15 heavy (non-hydrogen) atoms. The molecule has 2 aromatic rings. The van der Waals surface area contributed by atoms with Crippen LogP contribution in [0.4, 0.5) is 4.39 Å². The lowest BCUT2D eigenvalue weighted by Crippen LogP contribution is -2.02. The lowest BCUT2D eigenvalue weighted by atomic mass is 10.3. The molecule has 3 nitrogen and oxygen atoms in total. The molecule has 0 aliphatic carbocycles. The molecule has 1 aromatic heterocycles. The largest absolute Gasteiger partial charge is 0.241 e.